The van der Waals surface area contributed by atoms with Crippen molar-refractivity contribution in [3.05, 3.63) is 88.4 Å². The fourth-order valence-electron chi connectivity index (χ4n) is 3.48. The van der Waals surface area contributed by atoms with Gasteiger partial charge in [0.15, 0.2) is 11.5 Å². The van der Waals surface area contributed by atoms with E-state index in [0.29, 0.717) is 46.6 Å². The minimum absolute atomic E-state index is 0.158. The van der Waals surface area contributed by atoms with Gasteiger partial charge >= 0.3 is 0 Å². The summed E-state index contributed by atoms with van der Waals surface area (Å²) in [6.45, 7) is 6.40. The van der Waals surface area contributed by atoms with Gasteiger partial charge in [-0.3, -0.25) is 9.59 Å². The second-order valence-electron chi connectivity index (χ2n) is 8.71. The van der Waals surface area contributed by atoms with Gasteiger partial charge in [0.05, 0.1) is 19.9 Å². The summed E-state index contributed by atoms with van der Waals surface area (Å²) in [4.78, 5) is 25.4. The summed E-state index contributed by atoms with van der Waals surface area (Å²) in [7, 11) is 1.55. The van der Waals surface area contributed by atoms with Crippen molar-refractivity contribution < 1.29 is 23.8 Å². The lowest BCUT2D eigenvalue weighted by Crippen LogP contribution is -2.48. The van der Waals surface area contributed by atoms with E-state index < -0.39 is 11.9 Å². The Hall–Kier alpha value is -4.04. The van der Waals surface area contributed by atoms with Crippen molar-refractivity contribution in [2.45, 2.75) is 33.4 Å². The zero-order chi connectivity index (χ0) is 27.5. The zero-order valence-corrected chi connectivity index (χ0v) is 22.6. The van der Waals surface area contributed by atoms with Gasteiger partial charge in [0.1, 0.15) is 18.4 Å². The quantitative estimate of drug-likeness (QED) is 0.243. The van der Waals surface area contributed by atoms with E-state index in [9.17, 15) is 9.59 Å². The van der Waals surface area contributed by atoms with Crippen LogP contribution in [0.4, 0.5) is 0 Å². The van der Waals surface area contributed by atoms with E-state index in [4.69, 9.17) is 25.8 Å². The summed E-state index contributed by atoms with van der Waals surface area (Å²) >= 11 is 5.94. The fraction of sp³-hybridized carbons (Fsp3) is 0.276. The van der Waals surface area contributed by atoms with E-state index in [0.717, 1.165) is 5.56 Å². The van der Waals surface area contributed by atoms with Crippen molar-refractivity contribution in [3.63, 3.8) is 0 Å². The molecule has 0 radical (unpaired) electrons. The van der Waals surface area contributed by atoms with Crippen molar-refractivity contribution in [2.75, 3.05) is 13.7 Å². The van der Waals surface area contributed by atoms with E-state index in [1.807, 2.05) is 45.0 Å². The number of methoxy groups -OCH3 is 1. The van der Waals surface area contributed by atoms with Gasteiger partial charge < -0.3 is 19.5 Å². The van der Waals surface area contributed by atoms with E-state index in [1.54, 1.807) is 49.6 Å². The molecule has 2 N–H and O–H groups in total. The molecule has 1 unspecified atom stereocenters. The number of ether oxygens (including phenoxy) is 3. The van der Waals surface area contributed by atoms with Crippen LogP contribution >= 0.6 is 11.6 Å². The number of amides is 2. The standard InChI is InChI=1S/C29H32ClN3O5/c1-5-37-26-16-21(8-15-25(26)38-18-20-6-11-23(30)12-7-20)17-31-33-29(35)27(19(2)3)32-28(34)22-9-13-24(36-4)14-10-22/h6-17,19,27H,5,18H2,1-4H3,(H,32,34)(H,33,35). The summed E-state index contributed by atoms with van der Waals surface area (Å²) in [5, 5.41) is 7.52. The molecule has 0 aliphatic carbocycles. The number of carbonyl (C=O) groups excluding carboxylic acids is 2. The summed E-state index contributed by atoms with van der Waals surface area (Å²) < 4.78 is 16.8. The molecule has 3 aromatic carbocycles. The van der Waals surface area contributed by atoms with Crippen molar-refractivity contribution in [3.8, 4) is 17.2 Å². The largest absolute Gasteiger partial charge is 0.497 e. The van der Waals surface area contributed by atoms with Crippen LogP contribution < -0.4 is 25.0 Å². The van der Waals surface area contributed by atoms with Crippen molar-refractivity contribution in [2.24, 2.45) is 11.0 Å². The maximum Gasteiger partial charge on any atom is 0.262 e. The molecule has 0 spiro atoms. The van der Waals surface area contributed by atoms with Gasteiger partial charge in [0.25, 0.3) is 11.8 Å². The number of hydrogen-bond donors (Lipinski definition) is 2. The number of benzene rings is 3. The second-order valence-corrected chi connectivity index (χ2v) is 9.15. The molecule has 0 saturated carbocycles. The van der Waals surface area contributed by atoms with Crippen LogP contribution in [-0.2, 0) is 11.4 Å². The first kappa shape index (κ1) is 28.5. The normalized spacial score (nSPS) is 11.7. The summed E-state index contributed by atoms with van der Waals surface area (Å²) in [6, 6.07) is 18.7. The van der Waals surface area contributed by atoms with Gasteiger partial charge in [-0.15, -0.1) is 0 Å². The van der Waals surface area contributed by atoms with E-state index in [-0.39, 0.29) is 11.8 Å². The highest BCUT2D eigenvalue weighted by molar-refractivity contribution is 6.30. The number of carbonyl (C=O) groups is 2. The highest BCUT2D eigenvalue weighted by Crippen LogP contribution is 2.29. The van der Waals surface area contributed by atoms with Crippen molar-refractivity contribution in [1.82, 2.24) is 10.7 Å². The SMILES string of the molecule is CCOc1cc(C=NNC(=O)C(NC(=O)c2ccc(OC)cc2)C(C)C)ccc1OCc1ccc(Cl)cc1. The Bertz CT molecular complexity index is 1240. The van der Waals surface area contributed by atoms with Crippen LogP contribution in [0.15, 0.2) is 71.8 Å². The highest BCUT2D eigenvalue weighted by atomic mass is 35.5. The Morgan fingerprint density at radius 1 is 0.974 bits per heavy atom. The summed E-state index contributed by atoms with van der Waals surface area (Å²) in [6.07, 6.45) is 1.51. The van der Waals surface area contributed by atoms with Gasteiger partial charge in [-0.05, 0) is 78.6 Å². The third kappa shape index (κ3) is 8.24. The fourth-order valence-corrected chi connectivity index (χ4v) is 3.60. The topological polar surface area (TPSA) is 98.2 Å². The molecule has 0 fully saturated rings. The number of nitrogens with zero attached hydrogens (tertiary/aromatic N) is 1. The van der Waals surface area contributed by atoms with Crippen molar-refractivity contribution in [1.29, 1.82) is 0 Å². The molecule has 0 saturated heterocycles. The number of rotatable bonds is 12. The lowest BCUT2D eigenvalue weighted by atomic mass is 10.0. The molecule has 0 aliphatic heterocycles. The second kappa shape index (κ2) is 14.0. The molecule has 2 amide bonds. The number of halogens is 1. The lowest BCUT2D eigenvalue weighted by Gasteiger charge is -2.20. The van der Waals surface area contributed by atoms with Crippen LogP contribution in [0.3, 0.4) is 0 Å². The maximum absolute atomic E-state index is 12.8. The molecule has 38 heavy (non-hydrogen) atoms. The monoisotopic (exact) mass is 537 g/mol. The molecule has 9 heteroatoms. The average molecular weight is 538 g/mol. The average Bonchev–Trinajstić information content (AvgIpc) is 2.92. The Balaban J connectivity index is 1.62. The molecule has 3 rings (SSSR count). The Morgan fingerprint density at radius 3 is 2.32 bits per heavy atom. The molecule has 3 aromatic rings. The molecule has 0 bridgehead atoms. The molecule has 8 nitrogen and oxygen atoms in total. The smallest absolute Gasteiger partial charge is 0.262 e. The molecule has 200 valence electrons. The third-order valence-electron chi connectivity index (χ3n) is 5.55. The minimum atomic E-state index is -0.774. The highest BCUT2D eigenvalue weighted by Gasteiger charge is 2.24. The predicted molar refractivity (Wildman–Crippen MR) is 148 cm³/mol. The molecular weight excluding hydrogens is 506 g/mol. The molecule has 0 aliphatic rings. The number of hydrogen-bond acceptors (Lipinski definition) is 6. The van der Waals surface area contributed by atoms with Gasteiger partial charge in [0.2, 0.25) is 0 Å². The Kier molecular flexibility index (Phi) is 10.5. The van der Waals surface area contributed by atoms with Crippen LogP contribution in [0.1, 0.15) is 42.3 Å². The van der Waals surface area contributed by atoms with Crippen LogP contribution in [0.2, 0.25) is 5.02 Å². The summed E-state index contributed by atoms with van der Waals surface area (Å²) in [5.74, 6) is 0.844. The molecule has 0 aromatic heterocycles. The maximum atomic E-state index is 12.8. The van der Waals surface area contributed by atoms with Gasteiger partial charge in [-0.1, -0.05) is 37.6 Å². The van der Waals surface area contributed by atoms with Crippen molar-refractivity contribution >= 4 is 29.6 Å². The van der Waals surface area contributed by atoms with Crippen LogP contribution in [-0.4, -0.2) is 37.8 Å². The third-order valence-corrected chi connectivity index (χ3v) is 5.80. The Labute approximate surface area is 227 Å². The number of hydrazone groups is 1. The van der Waals surface area contributed by atoms with E-state index in [1.165, 1.54) is 6.21 Å². The van der Waals surface area contributed by atoms with E-state index in [2.05, 4.69) is 15.8 Å². The molecule has 1 atom stereocenters. The lowest BCUT2D eigenvalue weighted by molar-refractivity contribution is -0.123. The summed E-state index contributed by atoms with van der Waals surface area (Å²) in [5.41, 5.74) is 4.62. The first-order valence-corrected chi connectivity index (χ1v) is 12.6. The first-order valence-electron chi connectivity index (χ1n) is 12.2. The van der Waals surface area contributed by atoms with Gasteiger partial charge in [-0.25, -0.2) is 5.43 Å². The van der Waals surface area contributed by atoms with Gasteiger partial charge in [-0.2, -0.15) is 5.10 Å². The molecule has 0 heterocycles. The van der Waals surface area contributed by atoms with Crippen LogP contribution in [0, 0.1) is 5.92 Å². The predicted octanol–water partition coefficient (Wildman–Crippen LogP) is 5.23. The Morgan fingerprint density at radius 2 is 1.68 bits per heavy atom. The first-order chi connectivity index (χ1) is 18.3. The number of nitrogens with one attached hydrogen (secondary N) is 2. The van der Waals surface area contributed by atoms with Crippen LogP contribution in [0.25, 0.3) is 0 Å². The van der Waals surface area contributed by atoms with E-state index >= 15 is 0 Å². The molecular formula is C29H32ClN3O5. The van der Waals surface area contributed by atoms with Gasteiger partial charge in [0, 0.05) is 10.6 Å². The van der Waals surface area contributed by atoms with Crippen LogP contribution in [0.5, 0.6) is 17.2 Å². The zero-order valence-electron chi connectivity index (χ0n) is 21.9. The minimum Gasteiger partial charge on any atom is -0.497 e.